The lowest BCUT2D eigenvalue weighted by Crippen LogP contribution is -1.78. The first-order valence-electron chi connectivity index (χ1n) is 1.72. The fourth-order valence-electron chi connectivity index (χ4n) is 0.274. The van der Waals surface area contributed by atoms with Crippen molar-refractivity contribution in [1.29, 1.82) is 0 Å². The molecule has 0 aliphatic carbocycles. The first kappa shape index (κ1) is 4.53. The van der Waals surface area contributed by atoms with Gasteiger partial charge in [0.25, 0.3) is 0 Å². The summed E-state index contributed by atoms with van der Waals surface area (Å²) in [6, 6.07) is 0. The molecule has 34 valence electrons. The molecule has 0 amide bonds. The van der Waals surface area contributed by atoms with Crippen LogP contribution in [-0.4, -0.2) is 10.9 Å². The lowest BCUT2D eigenvalue weighted by molar-refractivity contribution is -0.110. The van der Waals surface area contributed by atoms with Gasteiger partial charge in [0.05, 0.1) is 0 Å². The third kappa shape index (κ3) is 0.914. The number of rotatable bonds is 0. The first-order valence-corrected chi connectivity index (χ1v) is 4.04. The Bertz CT molecular complexity index is 63.2. The van der Waals surface area contributed by atoms with Crippen molar-refractivity contribution in [1.82, 2.24) is 0 Å². The molecule has 0 spiro atoms. The fourth-order valence-corrected chi connectivity index (χ4v) is 2.22. The van der Waals surface area contributed by atoms with Crippen molar-refractivity contribution in [2.45, 2.75) is 6.42 Å². The van der Waals surface area contributed by atoms with Crippen molar-refractivity contribution in [3.63, 3.8) is 0 Å². The van der Waals surface area contributed by atoms with Gasteiger partial charge in [-0.15, -0.1) is 0 Å². The van der Waals surface area contributed by atoms with E-state index < -0.39 is 0 Å². The second-order valence-electron chi connectivity index (χ2n) is 1.03. The van der Waals surface area contributed by atoms with Crippen LogP contribution < -0.4 is 0 Å². The second-order valence-corrected chi connectivity index (χ2v) is 3.50. The van der Waals surface area contributed by atoms with E-state index in [4.69, 9.17) is 0 Å². The zero-order valence-electron chi connectivity index (χ0n) is 3.14. The third-order valence-electron chi connectivity index (χ3n) is 0.541. The SMILES string of the molecule is O=C1CCSS1. The minimum atomic E-state index is 0.333. The van der Waals surface area contributed by atoms with Crippen LogP contribution >= 0.6 is 21.6 Å². The zero-order chi connectivity index (χ0) is 4.41. The maximum Gasteiger partial charge on any atom is 0.200 e. The van der Waals surface area contributed by atoms with Crippen LogP contribution in [0.5, 0.6) is 0 Å². The summed E-state index contributed by atoms with van der Waals surface area (Å²) in [5, 5.41) is 0.333. The van der Waals surface area contributed by atoms with Gasteiger partial charge < -0.3 is 0 Å². The van der Waals surface area contributed by atoms with Crippen LogP contribution in [0.2, 0.25) is 0 Å². The predicted molar refractivity (Wildman–Crippen MR) is 29.7 cm³/mol. The molecule has 0 N–H and O–H groups in total. The van der Waals surface area contributed by atoms with Crippen LogP contribution in [0.4, 0.5) is 0 Å². The molecule has 0 saturated carbocycles. The summed E-state index contributed by atoms with van der Waals surface area (Å²) in [5.74, 6) is 1.02. The highest BCUT2D eigenvalue weighted by Gasteiger charge is 2.09. The molecule has 1 aliphatic heterocycles. The van der Waals surface area contributed by atoms with Gasteiger partial charge in [-0.25, -0.2) is 0 Å². The van der Waals surface area contributed by atoms with Gasteiger partial charge in [0.15, 0.2) is 5.12 Å². The number of carbonyl (C=O) groups excluding carboxylic acids is 1. The van der Waals surface area contributed by atoms with E-state index >= 15 is 0 Å². The number of hydrogen-bond donors (Lipinski definition) is 0. The van der Waals surface area contributed by atoms with E-state index in [1.807, 2.05) is 0 Å². The summed E-state index contributed by atoms with van der Waals surface area (Å²) in [4.78, 5) is 10.2. The van der Waals surface area contributed by atoms with E-state index in [0.717, 1.165) is 12.2 Å². The average Bonchev–Trinajstić information content (AvgIpc) is 1.86. The minimum Gasteiger partial charge on any atom is -0.286 e. The van der Waals surface area contributed by atoms with Crippen LogP contribution in [0.3, 0.4) is 0 Å². The summed E-state index contributed by atoms with van der Waals surface area (Å²) in [6.07, 6.45) is 0.773. The van der Waals surface area contributed by atoms with Crippen molar-refractivity contribution in [3.05, 3.63) is 0 Å². The molecule has 6 heavy (non-hydrogen) atoms. The van der Waals surface area contributed by atoms with Crippen molar-refractivity contribution >= 4 is 26.7 Å². The monoisotopic (exact) mass is 120 g/mol. The molecule has 3 heteroatoms. The van der Waals surface area contributed by atoms with Crippen LogP contribution in [0.15, 0.2) is 0 Å². The Kier molecular flexibility index (Phi) is 1.42. The van der Waals surface area contributed by atoms with Crippen LogP contribution in [0.25, 0.3) is 0 Å². The Labute approximate surface area is 44.3 Å². The molecular weight excluding hydrogens is 116 g/mol. The molecule has 0 radical (unpaired) electrons. The fraction of sp³-hybridized carbons (Fsp3) is 0.667. The van der Waals surface area contributed by atoms with Gasteiger partial charge in [-0.05, 0) is 10.8 Å². The van der Waals surface area contributed by atoms with Crippen molar-refractivity contribution < 1.29 is 4.79 Å². The summed E-state index contributed by atoms with van der Waals surface area (Å²) >= 11 is 0. The van der Waals surface area contributed by atoms with Gasteiger partial charge in [-0.1, -0.05) is 10.8 Å². The Morgan fingerprint density at radius 3 is 2.67 bits per heavy atom. The maximum atomic E-state index is 10.2. The summed E-state index contributed by atoms with van der Waals surface area (Å²) < 4.78 is 0. The van der Waals surface area contributed by atoms with E-state index in [1.54, 1.807) is 10.8 Å². The molecule has 0 unspecified atom stereocenters. The zero-order valence-corrected chi connectivity index (χ0v) is 4.77. The Balaban J connectivity index is 2.37. The van der Waals surface area contributed by atoms with Gasteiger partial charge >= 0.3 is 0 Å². The number of carbonyl (C=O) groups is 1. The Morgan fingerprint density at radius 1 is 1.67 bits per heavy atom. The molecule has 1 rings (SSSR count). The van der Waals surface area contributed by atoms with E-state index in [0.29, 0.717) is 5.12 Å². The normalized spacial score (nSPS) is 22.3. The standard InChI is InChI=1S/C3H4OS2/c4-3-1-2-5-6-3/h1-2H2. The average molecular weight is 120 g/mol. The number of hydrogen-bond acceptors (Lipinski definition) is 3. The van der Waals surface area contributed by atoms with Gasteiger partial charge in [-0.3, -0.25) is 4.79 Å². The van der Waals surface area contributed by atoms with E-state index in [9.17, 15) is 4.79 Å². The molecule has 1 heterocycles. The van der Waals surface area contributed by atoms with Crippen molar-refractivity contribution in [2.75, 3.05) is 5.75 Å². The third-order valence-corrected chi connectivity index (χ3v) is 2.83. The molecule has 1 nitrogen and oxygen atoms in total. The highest BCUT2D eigenvalue weighted by molar-refractivity contribution is 8.82. The minimum absolute atomic E-state index is 0.333. The van der Waals surface area contributed by atoms with Gasteiger partial charge in [0.1, 0.15) is 0 Å². The van der Waals surface area contributed by atoms with Gasteiger partial charge in [-0.2, -0.15) is 0 Å². The van der Waals surface area contributed by atoms with Gasteiger partial charge in [0.2, 0.25) is 0 Å². The van der Waals surface area contributed by atoms with E-state index in [2.05, 4.69) is 0 Å². The highest BCUT2D eigenvalue weighted by Crippen LogP contribution is 2.31. The lowest BCUT2D eigenvalue weighted by atomic mass is 10.6. The quantitative estimate of drug-likeness (QED) is 0.448. The molecule has 0 bridgehead atoms. The topological polar surface area (TPSA) is 17.1 Å². The summed E-state index contributed by atoms with van der Waals surface area (Å²) in [7, 11) is 3.02. The predicted octanol–water partition coefficient (Wildman–Crippen LogP) is 1.30. The summed E-state index contributed by atoms with van der Waals surface area (Å²) in [6.45, 7) is 0. The maximum absolute atomic E-state index is 10.2. The highest BCUT2D eigenvalue weighted by atomic mass is 33.1. The summed E-state index contributed by atoms with van der Waals surface area (Å²) in [5.41, 5.74) is 0. The Hall–Kier alpha value is 0.370. The second kappa shape index (κ2) is 1.89. The van der Waals surface area contributed by atoms with E-state index in [-0.39, 0.29) is 0 Å². The first-order chi connectivity index (χ1) is 2.89. The largest absolute Gasteiger partial charge is 0.286 e. The molecule has 0 atom stereocenters. The van der Waals surface area contributed by atoms with Crippen molar-refractivity contribution in [2.24, 2.45) is 0 Å². The molecule has 0 aromatic rings. The van der Waals surface area contributed by atoms with Crippen molar-refractivity contribution in [3.8, 4) is 0 Å². The molecular formula is C3H4OS2. The molecule has 1 aliphatic rings. The molecule has 1 fully saturated rings. The molecule has 0 aromatic carbocycles. The van der Waals surface area contributed by atoms with Crippen LogP contribution in [-0.2, 0) is 4.79 Å². The molecule has 1 saturated heterocycles. The smallest absolute Gasteiger partial charge is 0.200 e. The van der Waals surface area contributed by atoms with Crippen LogP contribution in [0, 0.1) is 0 Å². The lowest BCUT2D eigenvalue weighted by Gasteiger charge is -1.69. The van der Waals surface area contributed by atoms with Crippen LogP contribution in [0.1, 0.15) is 6.42 Å². The van der Waals surface area contributed by atoms with E-state index in [1.165, 1.54) is 10.8 Å². The van der Waals surface area contributed by atoms with Gasteiger partial charge in [0, 0.05) is 12.2 Å². The Morgan fingerprint density at radius 2 is 2.50 bits per heavy atom. The molecule has 0 aromatic heterocycles.